The molecule has 0 spiro atoms. The highest BCUT2D eigenvalue weighted by atomic mass is 15.1. The van der Waals surface area contributed by atoms with Gasteiger partial charge in [-0.1, -0.05) is 33.6 Å². The zero-order valence-corrected chi connectivity index (χ0v) is 14.7. The molecule has 0 bridgehead atoms. The molecule has 0 saturated carbocycles. The van der Waals surface area contributed by atoms with Gasteiger partial charge in [0.1, 0.15) is 0 Å². The molecule has 0 aromatic carbocycles. The normalized spacial score (nSPS) is 12.0. The molecule has 0 aliphatic carbocycles. The van der Waals surface area contributed by atoms with Crippen molar-refractivity contribution < 1.29 is 0 Å². The fourth-order valence-electron chi connectivity index (χ4n) is 2.37. The van der Waals surface area contributed by atoms with Crippen LogP contribution in [-0.2, 0) is 0 Å². The maximum absolute atomic E-state index is 3.52. The summed E-state index contributed by atoms with van der Waals surface area (Å²) < 4.78 is 0. The summed E-state index contributed by atoms with van der Waals surface area (Å²) in [4.78, 5) is 4.87. The molecule has 0 atom stereocenters. The minimum Gasteiger partial charge on any atom is -0.316 e. The van der Waals surface area contributed by atoms with Gasteiger partial charge in [-0.2, -0.15) is 0 Å². The molecular weight excluding hydrogens is 246 g/mol. The zero-order valence-electron chi connectivity index (χ0n) is 14.7. The SMILES string of the molecule is CCN(CCCCCCNCC(C)C)CCCN(C)C. The van der Waals surface area contributed by atoms with Gasteiger partial charge >= 0.3 is 0 Å². The van der Waals surface area contributed by atoms with Gasteiger partial charge in [0.25, 0.3) is 0 Å². The van der Waals surface area contributed by atoms with Crippen LogP contribution in [0.2, 0.25) is 0 Å². The molecule has 3 heteroatoms. The second kappa shape index (κ2) is 13.8. The molecule has 0 saturated heterocycles. The minimum atomic E-state index is 0.773. The van der Waals surface area contributed by atoms with Crippen molar-refractivity contribution in [2.75, 3.05) is 53.4 Å². The van der Waals surface area contributed by atoms with Crippen molar-refractivity contribution in [3.05, 3.63) is 0 Å². The zero-order chi connectivity index (χ0) is 15.2. The van der Waals surface area contributed by atoms with Crippen LogP contribution in [0.3, 0.4) is 0 Å². The number of unbranched alkanes of at least 4 members (excludes halogenated alkanes) is 3. The summed E-state index contributed by atoms with van der Waals surface area (Å²) in [6.45, 7) is 14.1. The van der Waals surface area contributed by atoms with Gasteiger partial charge in [0, 0.05) is 0 Å². The molecule has 0 aromatic rings. The first-order valence-corrected chi connectivity index (χ1v) is 8.64. The Kier molecular flexibility index (Phi) is 13.8. The molecule has 0 radical (unpaired) electrons. The summed E-state index contributed by atoms with van der Waals surface area (Å²) in [5.41, 5.74) is 0. The highest BCUT2D eigenvalue weighted by molar-refractivity contribution is 4.58. The van der Waals surface area contributed by atoms with E-state index in [9.17, 15) is 0 Å². The standard InChI is InChI=1S/C17H39N3/c1-6-20(15-11-13-19(4)5)14-10-8-7-9-12-18-16-17(2)3/h17-18H,6-16H2,1-5H3. The van der Waals surface area contributed by atoms with E-state index < -0.39 is 0 Å². The molecular formula is C17H39N3. The molecule has 0 rings (SSSR count). The van der Waals surface area contributed by atoms with E-state index in [0.717, 1.165) is 12.5 Å². The Morgan fingerprint density at radius 2 is 1.50 bits per heavy atom. The Hall–Kier alpha value is -0.120. The summed E-state index contributed by atoms with van der Waals surface area (Å²) in [6, 6.07) is 0. The van der Waals surface area contributed by atoms with Gasteiger partial charge < -0.3 is 15.1 Å². The molecule has 0 aliphatic rings. The van der Waals surface area contributed by atoms with Crippen molar-refractivity contribution in [3.63, 3.8) is 0 Å². The molecule has 0 aliphatic heterocycles. The fourth-order valence-corrected chi connectivity index (χ4v) is 2.37. The number of hydrogen-bond donors (Lipinski definition) is 1. The van der Waals surface area contributed by atoms with Crippen molar-refractivity contribution >= 4 is 0 Å². The highest BCUT2D eigenvalue weighted by Crippen LogP contribution is 2.02. The van der Waals surface area contributed by atoms with Crippen LogP contribution in [0.25, 0.3) is 0 Å². The van der Waals surface area contributed by atoms with E-state index in [4.69, 9.17) is 0 Å². The van der Waals surface area contributed by atoms with Gasteiger partial charge in [-0.15, -0.1) is 0 Å². The highest BCUT2D eigenvalue weighted by Gasteiger charge is 2.02. The predicted octanol–water partition coefficient (Wildman–Crippen LogP) is 3.07. The first-order chi connectivity index (χ1) is 9.56. The van der Waals surface area contributed by atoms with Crippen molar-refractivity contribution in [2.24, 2.45) is 5.92 Å². The molecule has 20 heavy (non-hydrogen) atoms. The van der Waals surface area contributed by atoms with Gasteiger partial charge in [0.05, 0.1) is 0 Å². The van der Waals surface area contributed by atoms with Crippen LogP contribution in [0.15, 0.2) is 0 Å². The van der Waals surface area contributed by atoms with Crippen molar-refractivity contribution in [1.82, 2.24) is 15.1 Å². The minimum absolute atomic E-state index is 0.773. The average molecular weight is 286 g/mol. The second-order valence-corrected chi connectivity index (χ2v) is 6.60. The Bertz CT molecular complexity index is 193. The van der Waals surface area contributed by atoms with Crippen LogP contribution in [0, 0.1) is 5.92 Å². The fraction of sp³-hybridized carbons (Fsp3) is 1.00. The number of rotatable bonds is 14. The summed E-state index contributed by atoms with van der Waals surface area (Å²) >= 11 is 0. The van der Waals surface area contributed by atoms with Crippen LogP contribution in [0.4, 0.5) is 0 Å². The molecule has 0 amide bonds. The van der Waals surface area contributed by atoms with E-state index in [1.54, 1.807) is 0 Å². The lowest BCUT2D eigenvalue weighted by Gasteiger charge is -2.21. The van der Waals surface area contributed by atoms with Crippen LogP contribution in [0.1, 0.15) is 52.9 Å². The lowest BCUT2D eigenvalue weighted by atomic mass is 10.1. The Morgan fingerprint density at radius 1 is 0.850 bits per heavy atom. The maximum Gasteiger partial charge on any atom is -0.000667 e. The quantitative estimate of drug-likeness (QED) is 0.495. The third-order valence-electron chi connectivity index (χ3n) is 3.66. The van der Waals surface area contributed by atoms with Crippen molar-refractivity contribution in [1.29, 1.82) is 0 Å². The van der Waals surface area contributed by atoms with E-state index >= 15 is 0 Å². The van der Waals surface area contributed by atoms with E-state index in [0.29, 0.717) is 0 Å². The lowest BCUT2D eigenvalue weighted by Crippen LogP contribution is -2.28. The van der Waals surface area contributed by atoms with Gasteiger partial charge in [-0.25, -0.2) is 0 Å². The van der Waals surface area contributed by atoms with Crippen LogP contribution in [0.5, 0.6) is 0 Å². The molecule has 122 valence electrons. The molecule has 0 heterocycles. The molecule has 0 fully saturated rings. The number of nitrogens with zero attached hydrogens (tertiary/aromatic N) is 2. The number of hydrogen-bond acceptors (Lipinski definition) is 3. The van der Waals surface area contributed by atoms with E-state index in [1.807, 2.05) is 0 Å². The predicted molar refractivity (Wildman–Crippen MR) is 91.5 cm³/mol. The third-order valence-corrected chi connectivity index (χ3v) is 3.66. The first-order valence-electron chi connectivity index (χ1n) is 8.64. The molecule has 0 aromatic heterocycles. The van der Waals surface area contributed by atoms with Crippen molar-refractivity contribution in [2.45, 2.75) is 52.9 Å². The van der Waals surface area contributed by atoms with E-state index in [-0.39, 0.29) is 0 Å². The Morgan fingerprint density at radius 3 is 2.10 bits per heavy atom. The van der Waals surface area contributed by atoms with Crippen LogP contribution < -0.4 is 5.32 Å². The van der Waals surface area contributed by atoms with E-state index in [1.165, 1.54) is 64.8 Å². The number of nitrogens with one attached hydrogen (secondary N) is 1. The van der Waals surface area contributed by atoms with Gasteiger partial charge in [-0.05, 0) is 78.5 Å². The maximum atomic E-state index is 3.52. The van der Waals surface area contributed by atoms with Gasteiger partial charge in [0.15, 0.2) is 0 Å². The summed E-state index contributed by atoms with van der Waals surface area (Å²) in [5, 5.41) is 3.52. The average Bonchev–Trinajstić information content (AvgIpc) is 2.38. The lowest BCUT2D eigenvalue weighted by molar-refractivity contribution is 0.260. The summed E-state index contributed by atoms with van der Waals surface area (Å²) in [7, 11) is 4.31. The molecule has 3 nitrogen and oxygen atoms in total. The molecule has 0 unspecified atom stereocenters. The smallest absolute Gasteiger partial charge is 0.000667 e. The monoisotopic (exact) mass is 285 g/mol. The Labute approximate surface area is 128 Å². The largest absolute Gasteiger partial charge is 0.316 e. The van der Waals surface area contributed by atoms with Gasteiger partial charge in [0.2, 0.25) is 0 Å². The van der Waals surface area contributed by atoms with E-state index in [2.05, 4.69) is 50.0 Å². The second-order valence-electron chi connectivity index (χ2n) is 6.60. The molecule has 1 N–H and O–H groups in total. The van der Waals surface area contributed by atoms with Crippen molar-refractivity contribution in [3.8, 4) is 0 Å². The Balaban J connectivity index is 3.33. The van der Waals surface area contributed by atoms with Gasteiger partial charge in [-0.3, -0.25) is 0 Å². The van der Waals surface area contributed by atoms with Crippen LogP contribution >= 0.6 is 0 Å². The first kappa shape index (κ1) is 19.9. The third kappa shape index (κ3) is 14.3. The summed E-state index contributed by atoms with van der Waals surface area (Å²) in [6.07, 6.45) is 6.74. The summed E-state index contributed by atoms with van der Waals surface area (Å²) in [5.74, 6) is 0.773. The van der Waals surface area contributed by atoms with Crippen LogP contribution in [-0.4, -0.2) is 63.2 Å². The topological polar surface area (TPSA) is 18.5 Å².